The number of carbonyl (C=O) groups is 3. The highest BCUT2D eigenvalue weighted by Crippen LogP contribution is 2.46. The number of fused-ring (bicyclic) bond motifs is 3. The number of rotatable bonds is 9. The lowest BCUT2D eigenvalue weighted by Gasteiger charge is -2.20. The van der Waals surface area contributed by atoms with Gasteiger partial charge < -0.3 is 25.2 Å². The molecule has 0 aliphatic heterocycles. The Bertz CT molecular complexity index is 987. The molecule has 0 unspecified atom stereocenters. The summed E-state index contributed by atoms with van der Waals surface area (Å²) in [5.74, 6) is -1.61. The number of hydrogen-bond donors (Lipinski definition) is 3. The third-order valence-corrected chi connectivity index (χ3v) is 6.19. The van der Waals surface area contributed by atoms with Crippen LogP contribution in [0.1, 0.15) is 29.9 Å². The Balaban J connectivity index is 1.32. The average molecular weight is 438 g/mol. The zero-order valence-electron chi connectivity index (χ0n) is 17.8. The van der Waals surface area contributed by atoms with Crippen molar-refractivity contribution in [1.82, 2.24) is 10.6 Å². The van der Waals surface area contributed by atoms with Gasteiger partial charge in [-0.1, -0.05) is 48.5 Å². The van der Waals surface area contributed by atoms with E-state index in [9.17, 15) is 19.5 Å². The minimum atomic E-state index is -1.17. The first kappa shape index (κ1) is 21.8. The second-order valence-electron chi connectivity index (χ2n) is 8.28. The number of carbonyl (C=O) groups excluding carboxylic acids is 2. The molecule has 1 fully saturated rings. The lowest BCUT2D eigenvalue weighted by molar-refractivity contribution is -0.144. The molecule has 0 bridgehead atoms. The number of carboxylic acids is 1. The van der Waals surface area contributed by atoms with Crippen LogP contribution in [0.4, 0.5) is 4.79 Å². The largest absolute Gasteiger partial charge is 0.480 e. The van der Waals surface area contributed by atoms with Crippen molar-refractivity contribution in [2.75, 3.05) is 26.9 Å². The molecule has 0 aromatic heterocycles. The summed E-state index contributed by atoms with van der Waals surface area (Å²) >= 11 is 0. The summed E-state index contributed by atoms with van der Waals surface area (Å²) in [7, 11) is 1.37. The molecule has 8 nitrogen and oxygen atoms in total. The van der Waals surface area contributed by atoms with E-state index in [-0.39, 0.29) is 25.7 Å². The second kappa shape index (κ2) is 9.00. The quantitative estimate of drug-likeness (QED) is 0.554. The molecule has 2 aromatic carbocycles. The Morgan fingerprint density at radius 1 is 1.06 bits per heavy atom. The summed E-state index contributed by atoms with van der Waals surface area (Å²) in [5, 5.41) is 14.3. The van der Waals surface area contributed by atoms with Crippen LogP contribution < -0.4 is 10.6 Å². The van der Waals surface area contributed by atoms with E-state index in [0.29, 0.717) is 12.8 Å². The molecule has 8 heteroatoms. The minimum Gasteiger partial charge on any atom is -0.480 e. The first-order valence-electron chi connectivity index (χ1n) is 10.6. The molecule has 3 N–H and O–H groups in total. The zero-order valence-corrected chi connectivity index (χ0v) is 17.8. The SMILES string of the molecule is COC[C@H](NC(=O)C1(CNC(=O)OCC2c3ccccc3-c3ccccc32)CC1)C(=O)O. The predicted octanol–water partition coefficient (Wildman–Crippen LogP) is 2.52. The van der Waals surface area contributed by atoms with Gasteiger partial charge in [0.05, 0.1) is 12.0 Å². The van der Waals surface area contributed by atoms with Gasteiger partial charge in [-0.2, -0.15) is 0 Å². The van der Waals surface area contributed by atoms with E-state index in [0.717, 1.165) is 22.3 Å². The summed E-state index contributed by atoms with van der Waals surface area (Å²) in [4.78, 5) is 36.2. The van der Waals surface area contributed by atoms with Gasteiger partial charge >= 0.3 is 12.1 Å². The highest BCUT2D eigenvalue weighted by Gasteiger charge is 2.50. The van der Waals surface area contributed by atoms with Crippen LogP contribution in [0.25, 0.3) is 11.1 Å². The summed E-state index contributed by atoms with van der Waals surface area (Å²) in [5.41, 5.74) is 3.74. The maximum atomic E-state index is 12.5. The van der Waals surface area contributed by atoms with Crippen molar-refractivity contribution >= 4 is 18.0 Å². The molecule has 1 saturated carbocycles. The van der Waals surface area contributed by atoms with Crippen LogP contribution in [0.5, 0.6) is 0 Å². The van der Waals surface area contributed by atoms with Crippen LogP contribution in [0.15, 0.2) is 48.5 Å². The number of nitrogens with one attached hydrogen (secondary N) is 2. The van der Waals surface area contributed by atoms with E-state index in [4.69, 9.17) is 9.47 Å². The summed E-state index contributed by atoms with van der Waals surface area (Å²) < 4.78 is 10.3. The summed E-state index contributed by atoms with van der Waals surface area (Å²) in [6, 6.07) is 15.0. The molecule has 2 aliphatic carbocycles. The number of carboxylic acid groups (broad SMARTS) is 1. The maximum Gasteiger partial charge on any atom is 0.407 e. The topological polar surface area (TPSA) is 114 Å². The van der Waals surface area contributed by atoms with Crippen LogP contribution in [-0.2, 0) is 19.1 Å². The van der Waals surface area contributed by atoms with Crippen molar-refractivity contribution < 1.29 is 29.0 Å². The van der Waals surface area contributed by atoms with E-state index in [2.05, 4.69) is 22.8 Å². The Labute approximate surface area is 185 Å². The number of hydrogen-bond acceptors (Lipinski definition) is 5. The van der Waals surface area contributed by atoms with Gasteiger partial charge in [0.25, 0.3) is 0 Å². The molecule has 0 spiro atoms. The van der Waals surface area contributed by atoms with Crippen molar-refractivity contribution in [2.24, 2.45) is 5.41 Å². The highest BCUT2D eigenvalue weighted by atomic mass is 16.5. The average Bonchev–Trinajstić information content (AvgIpc) is 3.53. The first-order chi connectivity index (χ1) is 15.4. The van der Waals surface area contributed by atoms with Crippen molar-refractivity contribution in [1.29, 1.82) is 0 Å². The fraction of sp³-hybridized carbons (Fsp3) is 0.375. The predicted molar refractivity (Wildman–Crippen MR) is 116 cm³/mol. The van der Waals surface area contributed by atoms with Crippen LogP contribution >= 0.6 is 0 Å². The Hall–Kier alpha value is -3.39. The number of benzene rings is 2. The highest BCUT2D eigenvalue weighted by molar-refractivity contribution is 5.90. The van der Waals surface area contributed by atoms with E-state index in [1.807, 2.05) is 36.4 Å². The maximum absolute atomic E-state index is 12.5. The molecule has 1 atom stereocenters. The number of ether oxygens (including phenoxy) is 2. The van der Waals surface area contributed by atoms with E-state index < -0.39 is 29.4 Å². The molecule has 2 aliphatic rings. The number of alkyl carbamates (subject to hydrolysis) is 1. The van der Waals surface area contributed by atoms with Gasteiger partial charge in [0.2, 0.25) is 5.91 Å². The van der Waals surface area contributed by atoms with Crippen molar-refractivity contribution in [3.05, 3.63) is 59.7 Å². The van der Waals surface area contributed by atoms with Crippen LogP contribution in [0, 0.1) is 5.41 Å². The van der Waals surface area contributed by atoms with Crippen molar-refractivity contribution in [2.45, 2.75) is 24.8 Å². The van der Waals surface area contributed by atoms with Crippen LogP contribution in [-0.4, -0.2) is 56.0 Å². The van der Waals surface area contributed by atoms with E-state index in [1.54, 1.807) is 0 Å². The van der Waals surface area contributed by atoms with E-state index >= 15 is 0 Å². The summed E-state index contributed by atoms with van der Waals surface area (Å²) in [6.07, 6.45) is 0.543. The lowest BCUT2D eigenvalue weighted by Crippen LogP contribution is -2.49. The molecule has 4 rings (SSSR count). The number of aliphatic carboxylic acids is 1. The van der Waals surface area contributed by atoms with Crippen molar-refractivity contribution in [3.8, 4) is 11.1 Å². The third-order valence-electron chi connectivity index (χ3n) is 6.19. The molecule has 0 heterocycles. The zero-order chi connectivity index (χ0) is 22.7. The Morgan fingerprint density at radius 3 is 2.19 bits per heavy atom. The molecular formula is C24H26N2O6. The molecule has 0 saturated heterocycles. The lowest BCUT2D eigenvalue weighted by atomic mass is 9.98. The van der Waals surface area contributed by atoms with Gasteiger partial charge in [0.1, 0.15) is 6.61 Å². The Morgan fingerprint density at radius 2 is 1.66 bits per heavy atom. The first-order valence-corrected chi connectivity index (χ1v) is 10.6. The van der Waals surface area contributed by atoms with E-state index in [1.165, 1.54) is 7.11 Å². The smallest absolute Gasteiger partial charge is 0.407 e. The molecule has 0 radical (unpaired) electrons. The van der Waals surface area contributed by atoms with Gasteiger partial charge in [-0.15, -0.1) is 0 Å². The monoisotopic (exact) mass is 438 g/mol. The molecule has 168 valence electrons. The minimum absolute atomic E-state index is 0.0447. The third kappa shape index (κ3) is 4.31. The second-order valence-corrected chi connectivity index (χ2v) is 8.28. The Kier molecular flexibility index (Phi) is 6.14. The standard InChI is InChI=1S/C24H26N2O6/c1-31-13-20(21(27)28)26-22(29)24(10-11-24)14-25-23(30)32-12-19-17-8-4-2-6-15(17)16-7-3-5-9-18(16)19/h2-9,19-20H,10-14H2,1H3,(H,25,30)(H,26,29)(H,27,28)/t20-/m0/s1. The fourth-order valence-electron chi connectivity index (χ4n) is 4.18. The van der Waals surface area contributed by atoms with Gasteiger partial charge in [-0.25, -0.2) is 9.59 Å². The van der Waals surface area contributed by atoms with Crippen LogP contribution in [0.3, 0.4) is 0 Å². The molecular weight excluding hydrogens is 412 g/mol. The number of amides is 2. The van der Waals surface area contributed by atoms with Gasteiger partial charge in [0.15, 0.2) is 6.04 Å². The van der Waals surface area contributed by atoms with Gasteiger partial charge in [-0.05, 0) is 35.1 Å². The summed E-state index contributed by atoms with van der Waals surface area (Å²) in [6.45, 7) is 0.153. The fourth-order valence-corrected chi connectivity index (χ4v) is 4.18. The normalized spacial score (nSPS) is 16.4. The number of methoxy groups -OCH3 is 1. The van der Waals surface area contributed by atoms with Gasteiger partial charge in [-0.3, -0.25) is 4.79 Å². The van der Waals surface area contributed by atoms with Gasteiger partial charge in [0, 0.05) is 19.6 Å². The molecule has 32 heavy (non-hydrogen) atoms. The van der Waals surface area contributed by atoms with Crippen LogP contribution in [0.2, 0.25) is 0 Å². The molecule has 2 aromatic rings. The molecule has 2 amide bonds. The van der Waals surface area contributed by atoms with Crippen molar-refractivity contribution in [3.63, 3.8) is 0 Å².